The summed E-state index contributed by atoms with van der Waals surface area (Å²) in [7, 11) is 0. The van der Waals surface area contributed by atoms with Gasteiger partial charge in [0.05, 0.1) is 10.2 Å². The number of hydrogen-bond donors (Lipinski definition) is 1. The summed E-state index contributed by atoms with van der Waals surface area (Å²) in [5.41, 5.74) is 0.848. The van der Waals surface area contributed by atoms with Crippen LogP contribution < -0.4 is 15.8 Å². The van der Waals surface area contributed by atoms with Gasteiger partial charge in [-0.15, -0.1) is 0 Å². The number of nitrogens with one attached hydrogen (secondary N) is 1. The number of carbonyl (C=O) groups is 1. The maximum atomic E-state index is 12.8. The first-order valence-electron chi connectivity index (χ1n) is 11.8. The van der Waals surface area contributed by atoms with E-state index in [4.69, 9.17) is 21.0 Å². The Labute approximate surface area is 215 Å². The number of fused-ring (bicyclic) bond motifs is 4. The van der Waals surface area contributed by atoms with Crippen molar-refractivity contribution >= 4 is 65.9 Å². The van der Waals surface area contributed by atoms with Crippen molar-refractivity contribution in [1.29, 1.82) is 0 Å². The van der Waals surface area contributed by atoms with Gasteiger partial charge in [0.25, 0.3) is 5.91 Å². The van der Waals surface area contributed by atoms with Gasteiger partial charge in [-0.1, -0.05) is 53.3 Å². The molecule has 1 aliphatic rings. The quantitative estimate of drug-likeness (QED) is 0.267. The minimum atomic E-state index is -0.624. The summed E-state index contributed by atoms with van der Waals surface area (Å²) in [6, 6.07) is 18.9. The summed E-state index contributed by atoms with van der Waals surface area (Å²) in [5.74, 6) is -0.412. The van der Waals surface area contributed by atoms with E-state index in [0.29, 0.717) is 18.7 Å². The number of piperazine rings is 1. The topological polar surface area (TPSA) is 78.7 Å². The molecular formula is C27H23ClN4O3S. The van der Waals surface area contributed by atoms with Gasteiger partial charge in [0.15, 0.2) is 5.13 Å². The second kappa shape index (κ2) is 9.54. The highest BCUT2D eigenvalue weighted by atomic mass is 35.5. The molecule has 1 saturated heterocycles. The lowest BCUT2D eigenvalue weighted by Crippen LogP contribution is -2.48. The molecule has 0 atom stereocenters. The Morgan fingerprint density at radius 1 is 1.03 bits per heavy atom. The molecule has 1 fully saturated rings. The zero-order chi connectivity index (χ0) is 24.6. The van der Waals surface area contributed by atoms with Crippen molar-refractivity contribution in [3.05, 3.63) is 81.7 Å². The Kier molecular flexibility index (Phi) is 6.08. The molecule has 0 aliphatic carbocycles. The van der Waals surface area contributed by atoms with Crippen LogP contribution in [-0.2, 0) is 0 Å². The zero-order valence-corrected chi connectivity index (χ0v) is 20.9. The van der Waals surface area contributed by atoms with Crippen LogP contribution in [0.5, 0.6) is 0 Å². The Balaban J connectivity index is 1.07. The third kappa shape index (κ3) is 4.43. The van der Waals surface area contributed by atoms with Gasteiger partial charge in [-0.05, 0) is 41.1 Å². The first-order valence-corrected chi connectivity index (χ1v) is 13.0. The molecule has 0 saturated carbocycles. The minimum Gasteiger partial charge on any atom is -0.422 e. The molecule has 5 aromatic rings. The highest BCUT2D eigenvalue weighted by Gasteiger charge is 2.20. The molecule has 0 spiro atoms. The summed E-state index contributed by atoms with van der Waals surface area (Å²) in [6.07, 6.45) is 0. The molecule has 0 radical (unpaired) electrons. The molecule has 1 N–H and O–H groups in total. The molecule has 36 heavy (non-hydrogen) atoms. The number of anilines is 1. The number of benzene rings is 3. The first kappa shape index (κ1) is 23.0. The van der Waals surface area contributed by atoms with E-state index in [9.17, 15) is 9.59 Å². The third-order valence-corrected chi connectivity index (χ3v) is 7.90. The number of amides is 1. The predicted molar refractivity (Wildman–Crippen MR) is 146 cm³/mol. The zero-order valence-electron chi connectivity index (χ0n) is 19.4. The standard InChI is InChI=1S/C27H23ClN4O3S/c28-18-6-7-22-24(15-18)36-27(30-22)32-13-11-31(12-14-32)10-9-29-25(33)21-16-20-19-4-2-1-3-17(19)5-8-23(20)35-26(21)34/h1-8,15-16H,9-14H2,(H,29,33). The van der Waals surface area contributed by atoms with E-state index in [-0.39, 0.29) is 5.56 Å². The van der Waals surface area contributed by atoms with Crippen LogP contribution in [0.2, 0.25) is 5.02 Å². The SMILES string of the molecule is O=C(NCCN1CCN(c2nc3ccc(Cl)cc3s2)CC1)c1cc2c(ccc3ccccc32)oc1=O. The summed E-state index contributed by atoms with van der Waals surface area (Å²) in [4.78, 5) is 34.6. The Morgan fingerprint density at radius 2 is 1.86 bits per heavy atom. The second-order valence-electron chi connectivity index (χ2n) is 8.84. The van der Waals surface area contributed by atoms with Crippen molar-refractivity contribution in [3.8, 4) is 0 Å². The summed E-state index contributed by atoms with van der Waals surface area (Å²) >= 11 is 7.76. The van der Waals surface area contributed by atoms with E-state index in [1.807, 2.05) is 48.5 Å². The van der Waals surface area contributed by atoms with E-state index < -0.39 is 11.5 Å². The van der Waals surface area contributed by atoms with Gasteiger partial charge >= 0.3 is 5.63 Å². The van der Waals surface area contributed by atoms with Crippen molar-refractivity contribution in [2.45, 2.75) is 0 Å². The van der Waals surface area contributed by atoms with E-state index in [2.05, 4.69) is 15.1 Å². The number of carbonyl (C=O) groups excluding carboxylic acids is 1. The van der Waals surface area contributed by atoms with Crippen molar-refractivity contribution < 1.29 is 9.21 Å². The smallest absolute Gasteiger partial charge is 0.349 e. The molecule has 1 amide bonds. The molecule has 1 aliphatic heterocycles. The van der Waals surface area contributed by atoms with Gasteiger partial charge in [0, 0.05) is 49.7 Å². The van der Waals surface area contributed by atoms with E-state index in [1.165, 1.54) is 0 Å². The fourth-order valence-electron chi connectivity index (χ4n) is 4.64. The van der Waals surface area contributed by atoms with Gasteiger partial charge < -0.3 is 14.6 Å². The number of halogens is 1. The van der Waals surface area contributed by atoms with Crippen molar-refractivity contribution in [2.75, 3.05) is 44.2 Å². The number of nitrogens with zero attached hydrogens (tertiary/aromatic N) is 3. The Bertz CT molecular complexity index is 1660. The first-order chi connectivity index (χ1) is 17.5. The molecular weight excluding hydrogens is 496 g/mol. The normalized spacial score (nSPS) is 14.6. The molecule has 6 rings (SSSR count). The number of thiazole rings is 1. The van der Waals surface area contributed by atoms with Crippen LogP contribution in [0.1, 0.15) is 10.4 Å². The fraction of sp³-hybridized carbons (Fsp3) is 0.222. The van der Waals surface area contributed by atoms with Gasteiger partial charge in [-0.2, -0.15) is 0 Å². The maximum Gasteiger partial charge on any atom is 0.349 e. The van der Waals surface area contributed by atoms with Crippen molar-refractivity contribution in [2.24, 2.45) is 0 Å². The lowest BCUT2D eigenvalue weighted by Gasteiger charge is -2.34. The highest BCUT2D eigenvalue weighted by Crippen LogP contribution is 2.31. The summed E-state index contributed by atoms with van der Waals surface area (Å²) in [6.45, 7) is 4.63. The highest BCUT2D eigenvalue weighted by molar-refractivity contribution is 7.22. The molecule has 2 aromatic heterocycles. The molecule has 182 valence electrons. The molecule has 7 nitrogen and oxygen atoms in total. The number of rotatable bonds is 5. The van der Waals surface area contributed by atoms with E-state index in [1.54, 1.807) is 23.5 Å². The van der Waals surface area contributed by atoms with Crippen LogP contribution in [0.15, 0.2) is 69.9 Å². The van der Waals surface area contributed by atoms with Gasteiger partial charge in [-0.3, -0.25) is 9.69 Å². The monoisotopic (exact) mass is 518 g/mol. The predicted octanol–water partition coefficient (Wildman–Crippen LogP) is 4.76. The summed E-state index contributed by atoms with van der Waals surface area (Å²) in [5, 5.41) is 7.35. The van der Waals surface area contributed by atoms with Crippen LogP contribution in [0.25, 0.3) is 32.0 Å². The van der Waals surface area contributed by atoms with Gasteiger partial charge in [0.1, 0.15) is 11.1 Å². The van der Waals surface area contributed by atoms with Crippen LogP contribution in [0.3, 0.4) is 0 Å². The van der Waals surface area contributed by atoms with Gasteiger partial charge in [0.2, 0.25) is 0 Å². The minimum absolute atomic E-state index is 0.0274. The average molecular weight is 519 g/mol. The average Bonchev–Trinajstić information content (AvgIpc) is 3.31. The fourth-order valence-corrected chi connectivity index (χ4v) is 5.93. The molecule has 3 aromatic carbocycles. The molecule has 3 heterocycles. The van der Waals surface area contributed by atoms with Crippen molar-refractivity contribution in [1.82, 2.24) is 15.2 Å². The van der Waals surface area contributed by atoms with E-state index in [0.717, 1.165) is 62.7 Å². The van der Waals surface area contributed by atoms with Crippen LogP contribution >= 0.6 is 22.9 Å². The van der Waals surface area contributed by atoms with Crippen LogP contribution in [0, 0.1) is 0 Å². The van der Waals surface area contributed by atoms with Crippen LogP contribution in [0.4, 0.5) is 5.13 Å². The maximum absolute atomic E-state index is 12.8. The molecule has 9 heteroatoms. The Morgan fingerprint density at radius 3 is 2.72 bits per heavy atom. The molecule has 0 bridgehead atoms. The Hall–Kier alpha value is -3.46. The van der Waals surface area contributed by atoms with Crippen molar-refractivity contribution in [3.63, 3.8) is 0 Å². The number of hydrogen-bond acceptors (Lipinski definition) is 7. The lowest BCUT2D eigenvalue weighted by molar-refractivity contribution is 0.0944. The largest absolute Gasteiger partial charge is 0.422 e. The lowest BCUT2D eigenvalue weighted by atomic mass is 10.0. The van der Waals surface area contributed by atoms with E-state index >= 15 is 0 Å². The van der Waals surface area contributed by atoms with Gasteiger partial charge in [-0.25, -0.2) is 9.78 Å². The molecule has 0 unspecified atom stereocenters. The number of aromatic nitrogens is 1. The van der Waals surface area contributed by atoms with Crippen LogP contribution in [-0.4, -0.2) is 55.1 Å². The summed E-state index contributed by atoms with van der Waals surface area (Å²) < 4.78 is 6.55. The second-order valence-corrected chi connectivity index (χ2v) is 10.3. The third-order valence-electron chi connectivity index (χ3n) is 6.58.